The van der Waals surface area contributed by atoms with Crippen molar-refractivity contribution in [1.29, 1.82) is 0 Å². The van der Waals surface area contributed by atoms with Gasteiger partial charge in [0.1, 0.15) is 10.7 Å². The lowest BCUT2D eigenvalue weighted by Crippen LogP contribution is -2.26. The Kier molecular flexibility index (Phi) is 3.86. The summed E-state index contributed by atoms with van der Waals surface area (Å²) in [6, 6.07) is 0. The number of sulfonamides is 1. The van der Waals surface area contributed by atoms with Crippen LogP contribution in [0.2, 0.25) is 0 Å². The summed E-state index contributed by atoms with van der Waals surface area (Å²) >= 11 is 0. The summed E-state index contributed by atoms with van der Waals surface area (Å²) in [6.07, 6.45) is 7.10. The number of nitrogens with two attached hydrogens (primary N) is 1. The van der Waals surface area contributed by atoms with Gasteiger partial charge in [0.25, 0.3) is 0 Å². The first-order chi connectivity index (χ1) is 9.00. The lowest BCUT2D eigenvalue weighted by atomic mass is 10.4. The quantitative estimate of drug-likeness (QED) is 0.700. The third kappa shape index (κ3) is 3.12. The molecule has 8 nitrogen and oxygen atoms in total. The Morgan fingerprint density at radius 3 is 2.84 bits per heavy atom. The van der Waals surface area contributed by atoms with Crippen LogP contribution in [0.3, 0.4) is 0 Å². The minimum absolute atomic E-state index is 0.0117. The summed E-state index contributed by atoms with van der Waals surface area (Å²) < 4.78 is 29.6. The third-order valence-corrected chi connectivity index (χ3v) is 4.16. The molecular weight excluding hydrogens is 268 g/mol. The van der Waals surface area contributed by atoms with Crippen LogP contribution in [0, 0.1) is 0 Å². The Morgan fingerprint density at radius 2 is 2.26 bits per heavy atom. The predicted molar refractivity (Wildman–Crippen MR) is 69.7 cm³/mol. The summed E-state index contributed by atoms with van der Waals surface area (Å²) in [5, 5.41) is 3.81. The Morgan fingerprint density at radius 1 is 1.47 bits per heavy atom. The fourth-order valence-corrected chi connectivity index (χ4v) is 2.76. The molecule has 0 saturated heterocycles. The minimum Gasteiger partial charge on any atom is -0.383 e. The second-order valence-corrected chi connectivity index (χ2v) is 5.80. The first-order valence-corrected chi connectivity index (χ1v) is 7.22. The fourth-order valence-electron chi connectivity index (χ4n) is 1.60. The molecule has 0 spiro atoms. The molecule has 19 heavy (non-hydrogen) atoms. The molecular formula is C10H16N6O2S. The predicted octanol–water partition coefficient (Wildman–Crippen LogP) is -0.433. The number of hydrogen-bond acceptors (Lipinski definition) is 5. The Bertz CT molecular complexity index is 631. The van der Waals surface area contributed by atoms with Gasteiger partial charge in [-0.1, -0.05) is 0 Å². The van der Waals surface area contributed by atoms with Crippen molar-refractivity contribution in [1.82, 2.24) is 24.1 Å². The number of imidazole rings is 1. The van der Waals surface area contributed by atoms with Crippen LogP contribution in [-0.4, -0.2) is 34.3 Å². The lowest BCUT2D eigenvalue weighted by Gasteiger charge is -2.06. The van der Waals surface area contributed by atoms with Crippen LogP contribution in [0.1, 0.15) is 6.42 Å². The molecule has 2 heterocycles. The van der Waals surface area contributed by atoms with Gasteiger partial charge in [-0.3, -0.25) is 4.68 Å². The Balaban J connectivity index is 1.90. The maximum atomic E-state index is 12.0. The molecule has 0 saturated carbocycles. The van der Waals surface area contributed by atoms with Crippen molar-refractivity contribution in [2.24, 2.45) is 7.05 Å². The maximum Gasteiger partial charge on any atom is 0.245 e. The fraction of sp³-hybridized carbons (Fsp3) is 0.400. The van der Waals surface area contributed by atoms with Crippen molar-refractivity contribution >= 4 is 15.8 Å². The standard InChI is InChI=1S/C10H16N6O2S/c1-15-10(11)9(7-13-15)19(17,18)14-3-2-5-16-6-4-12-8-16/h4,6-8,14H,2-3,5,11H2,1H3. The van der Waals surface area contributed by atoms with E-state index in [1.807, 2.05) is 10.8 Å². The molecule has 0 aliphatic carbocycles. The van der Waals surface area contributed by atoms with Crippen LogP contribution < -0.4 is 10.5 Å². The number of nitrogen functional groups attached to an aromatic ring is 1. The number of aryl methyl sites for hydroxylation is 2. The molecule has 0 atom stereocenters. The van der Waals surface area contributed by atoms with Crippen molar-refractivity contribution < 1.29 is 8.42 Å². The molecule has 3 N–H and O–H groups in total. The van der Waals surface area contributed by atoms with E-state index in [1.165, 1.54) is 10.9 Å². The maximum absolute atomic E-state index is 12.0. The highest BCUT2D eigenvalue weighted by molar-refractivity contribution is 7.89. The van der Waals surface area contributed by atoms with E-state index in [2.05, 4.69) is 14.8 Å². The number of nitrogens with zero attached hydrogens (tertiary/aromatic N) is 4. The zero-order valence-electron chi connectivity index (χ0n) is 10.5. The zero-order valence-corrected chi connectivity index (χ0v) is 11.3. The lowest BCUT2D eigenvalue weighted by molar-refractivity contribution is 0.570. The average molecular weight is 284 g/mol. The number of rotatable bonds is 6. The van der Waals surface area contributed by atoms with Gasteiger partial charge in [0.05, 0.1) is 12.5 Å². The van der Waals surface area contributed by atoms with Gasteiger partial charge in [0.2, 0.25) is 10.0 Å². The molecule has 0 aliphatic rings. The van der Waals surface area contributed by atoms with Crippen LogP contribution in [-0.2, 0) is 23.6 Å². The van der Waals surface area contributed by atoms with E-state index in [0.717, 1.165) is 0 Å². The molecule has 0 fully saturated rings. The van der Waals surface area contributed by atoms with E-state index < -0.39 is 10.0 Å². The first-order valence-electron chi connectivity index (χ1n) is 5.73. The molecule has 0 aliphatic heterocycles. The van der Waals surface area contributed by atoms with Crippen LogP contribution >= 0.6 is 0 Å². The minimum atomic E-state index is -3.59. The van der Waals surface area contributed by atoms with Crippen LogP contribution in [0.25, 0.3) is 0 Å². The highest BCUT2D eigenvalue weighted by Gasteiger charge is 2.19. The third-order valence-electron chi connectivity index (χ3n) is 2.68. The second kappa shape index (κ2) is 5.41. The largest absolute Gasteiger partial charge is 0.383 e. The van der Waals surface area contributed by atoms with E-state index in [1.54, 1.807) is 19.6 Å². The average Bonchev–Trinajstić information content (AvgIpc) is 2.97. The van der Waals surface area contributed by atoms with E-state index >= 15 is 0 Å². The molecule has 0 radical (unpaired) electrons. The molecule has 2 rings (SSSR count). The van der Waals surface area contributed by atoms with Gasteiger partial charge in [-0.2, -0.15) is 5.10 Å². The Labute approximate surface area is 111 Å². The summed E-state index contributed by atoms with van der Waals surface area (Å²) in [5.74, 6) is 0.127. The van der Waals surface area contributed by atoms with Crippen molar-refractivity contribution in [3.05, 3.63) is 24.9 Å². The molecule has 2 aromatic heterocycles. The Hall–Kier alpha value is -1.87. The van der Waals surface area contributed by atoms with Gasteiger partial charge in [0, 0.05) is 32.5 Å². The van der Waals surface area contributed by atoms with Crippen LogP contribution in [0.5, 0.6) is 0 Å². The number of aromatic nitrogens is 4. The van der Waals surface area contributed by atoms with Gasteiger partial charge in [0.15, 0.2) is 0 Å². The van der Waals surface area contributed by atoms with Crippen molar-refractivity contribution in [3.8, 4) is 0 Å². The molecule has 0 aromatic carbocycles. The number of hydrogen-bond donors (Lipinski definition) is 2. The van der Waals surface area contributed by atoms with Gasteiger partial charge >= 0.3 is 0 Å². The van der Waals surface area contributed by atoms with Gasteiger partial charge < -0.3 is 10.3 Å². The van der Waals surface area contributed by atoms with Crippen LogP contribution in [0.4, 0.5) is 5.82 Å². The summed E-state index contributed by atoms with van der Waals surface area (Å²) in [5.41, 5.74) is 5.64. The van der Waals surface area contributed by atoms with E-state index in [9.17, 15) is 8.42 Å². The molecule has 104 valence electrons. The van der Waals surface area contributed by atoms with Gasteiger partial charge in [-0.05, 0) is 6.42 Å². The summed E-state index contributed by atoms with van der Waals surface area (Å²) in [7, 11) is -2.00. The molecule has 2 aromatic rings. The SMILES string of the molecule is Cn1ncc(S(=O)(=O)NCCCn2ccnc2)c1N. The molecule has 0 unspecified atom stereocenters. The summed E-state index contributed by atoms with van der Waals surface area (Å²) in [6.45, 7) is 1.03. The van der Waals surface area contributed by atoms with Crippen LogP contribution in [0.15, 0.2) is 29.8 Å². The topological polar surface area (TPSA) is 108 Å². The smallest absolute Gasteiger partial charge is 0.245 e. The highest BCUT2D eigenvalue weighted by Crippen LogP contribution is 2.15. The molecule has 0 bridgehead atoms. The second-order valence-electron chi connectivity index (χ2n) is 4.07. The monoisotopic (exact) mass is 284 g/mol. The summed E-state index contributed by atoms with van der Waals surface area (Å²) in [4.78, 5) is 3.92. The van der Waals surface area contributed by atoms with E-state index in [4.69, 9.17) is 5.73 Å². The van der Waals surface area contributed by atoms with E-state index in [0.29, 0.717) is 19.5 Å². The number of nitrogens with one attached hydrogen (secondary N) is 1. The van der Waals surface area contributed by atoms with Gasteiger partial charge in [-0.15, -0.1) is 0 Å². The van der Waals surface area contributed by atoms with Crippen molar-refractivity contribution in [2.45, 2.75) is 17.9 Å². The number of anilines is 1. The normalized spacial score (nSPS) is 11.8. The molecule has 9 heteroatoms. The van der Waals surface area contributed by atoms with E-state index in [-0.39, 0.29) is 10.7 Å². The van der Waals surface area contributed by atoms with Gasteiger partial charge in [-0.25, -0.2) is 18.1 Å². The van der Waals surface area contributed by atoms with Crippen molar-refractivity contribution in [2.75, 3.05) is 12.3 Å². The molecule has 0 amide bonds. The highest BCUT2D eigenvalue weighted by atomic mass is 32.2. The zero-order chi connectivity index (χ0) is 13.9. The first kappa shape index (κ1) is 13.6. The van der Waals surface area contributed by atoms with Crippen molar-refractivity contribution in [3.63, 3.8) is 0 Å².